The van der Waals surface area contributed by atoms with Crippen molar-refractivity contribution >= 4 is 23.6 Å². The highest BCUT2D eigenvalue weighted by Gasteiger charge is 2.32. The van der Waals surface area contributed by atoms with E-state index in [2.05, 4.69) is 5.32 Å². The van der Waals surface area contributed by atoms with Gasteiger partial charge in [-0.05, 0) is 49.6 Å². The first kappa shape index (κ1) is 15.4. The Morgan fingerprint density at radius 1 is 1.18 bits per heavy atom. The number of hydrogen-bond acceptors (Lipinski definition) is 3. The van der Waals surface area contributed by atoms with Crippen LogP contribution in [0.25, 0.3) is 0 Å². The number of benzene rings is 1. The third kappa shape index (κ3) is 4.03. The number of nitrogens with zero attached hydrogens (tertiary/aromatic N) is 1. The minimum absolute atomic E-state index is 0.00607. The summed E-state index contributed by atoms with van der Waals surface area (Å²) in [4.78, 5) is 26.1. The topological polar surface area (TPSA) is 49.4 Å². The van der Waals surface area contributed by atoms with Crippen LogP contribution in [0.15, 0.2) is 24.3 Å². The van der Waals surface area contributed by atoms with E-state index in [1.54, 1.807) is 11.8 Å². The molecule has 1 aromatic carbocycles. The zero-order valence-corrected chi connectivity index (χ0v) is 13.7. The lowest BCUT2D eigenvalue weighted by Crippen LogP contribution is -2.33. The van der Waals surface area contributed by atoms with E-state index < -0.39 is 0 Å². The average Bonchev–Trinajstić information content (AvgIpc) is 3.39. The lowest BCUT2D eigenvalue weighted by Gasteiger charge is -2.22. The average molecular weight is 318 g/mol. The van der Waals surface area contributed by atoms with E-state index >= 15 is 0 Å². The first-order chi connectivity index (χ1) is 10.7. The summed E-state index contributed by atoms with van der Waals surface area (Å²) in [6, 6.07) is 8.43. The van der Waals surface area contributed by atoms with Crippen molar-refractivity contribution in [3.8, 4) is 0 Å². The van der Waals surface area contributed by atoms with Gasteiger partial charge in [0.05, 0.1) is 5.75 Å². The molecule has 2 amide bonds. The lowest BCUT2D eigenvalue weighted by molar-refractivity contribution is -0.129. The quantitative estimate of drug-likeness (QED) is 0.840. The molecule has 22 heavy (non-hydrogen) atoms. The Kier molecular flexibility index (Phi) is 4.71. The molecule has 2 fully saturated rings. The third-order valence-electron chi connectivity index (χ3n) is 4.06. The molecule has 0 aromatic heterocycles. The van der Waals surface area contributed by atoms with Gasteiger partial charge in [0, 0.05) is 24.2 Å². The summed E-state index contributed by atoms with van der Waals surface area (Å²) in [5.74, 6) is 0.760. The van der Waals surface area contributed by atoms with Gasteiger partial charge in [0.15, 0.2) is 0 Å². The van der Waals surface area contributed by atoms with Crippen molar-refractivity contribution in [1.29, 1.82) is 0 Å². The fourth-order valence-electron chi connectivity index (χ4n) is 2.47. The fraction of sp³-hybridized carbons (Fsp3) is 0.529. The SMILES string of the molecule is CSCC(=O)N(Cc1ccc(C(=O)NC2CC2)cc1)C1CC1. The van der Waals surface area contributed by atoms with E-state index in [1.807, 2.05) is 35.4 Å². The van der Waals surface area contributed by atoms with Gasteiger partial charge in [-0.2, -0.15) is 11.8 Å². The molecule has 5 heteroatoms. The Bertz CT molecular complexity index is 550. The Labute approximate surface area is 135 Å². The van der Waals surface area contributed by atoms with Crippen LogP contribution >= 0.6 is 11.8 Å². The van der Waals surface area contributed by atoms with E-state index in [9.17, 15) is 9.59 Å². The Morgan fingerprint density at radius 2 is 1.86 bits per heavy atom. The van der Waals surface area contributed by atoms with Gasteiger partial charge in [0.2, 0.25) is 5.91 Å². The number of nitrogens with one attached hydrogen (secondary N) is 1. The lowest BCUT2D eigenvalue weighted by atomic mass is 10.1. The van der Waals surface area contributed by atoms with Crippen LogP contribution in [-0.4, -0.2) is 40.8 Å². The summed E-state index contributed by atoms with van der Waals surface area (Å²) in [6.45, 7) is 0.647. The molecular weight excluding hydrogens is 296 g/mol. The van der Waals surface area contributed by atoms with Gasteiger partial charge >= 0.3 is 0 Å². The van der Waals surface area contributed by atoms with Crippen LogP contribution in [0.4, 0.5) is 0 Å². The van der Waals surface area contributed by atoms with Gasteiger partial charge in [-0.1, -0.05) is 12.1 Å². The van der Waals surface area contributed by atoms with Crippen molar-refractivity contribution < 1.29 is 9.59 Å². The van der Waals surface area contributed by atoms with E-state index in [0.29, 0.717) is 29.9 Å². The molecule has 0 saturated heterocycles. The van der Waals surface area contributed by atoms with Gasteiger partial charge in [-0.25, -0.2) is 0 Å². The highest BCUT2D eigenvalue weighted by Crippen LogP contribution is 2.29. The number of rotatable bonds is 7. The number of amides is 2. The molecule has 0 bridgehead atoms. The second-order valence-electron chi connectivity index (χ2n) is 6.13. The summed E-state index contributed by atoms with van der Waals surface area (Å²) < 4.78 is 0. The number of carbonyl (C=O) groups excluding carboxylic acids is 2. The molecule has 0 unspecified atom stereocenters. The van der Waals surface area contributed by atoms with Crippen molar-refractivity contribution in [2.45, 2.75) is 44.3 Å². The number of thioether (sulfide) groups is 1. The largest absolute Gasteiger partial charge is 0.349 e. The number of hydrogen-bond donors (Lipinski definition) is 1. The van der Waals surface area contributed by atoms with Crippen LogP contribution in [0.1, 0.15) is 41.6 Å². The standard InChI is InChI=1S/C17H22N2O2S/c1-22-11-16(20)19(15-8-9-15)10-12-2-4-13(5-3-12)17(21)18-14-6-7-14/h2-5,14-15H,6-11H2,1H3,(H,18,21). The molecule has 0 heterocycles. The Morgan fingerprint density at radius 3 is 2.41 bits per heavy atom. The van der Waals surface area contributed by atoms with E-state index in [1.165, 1.54) is 0 Å². The van der Waals surface area contributed by atoms with Gasteiger partial charge < -0.3 is 10.2 Å². The zero-order chi connectivity index (χ0) is 15.5. The van der Waals surface area contributed by atoms with Crippen LogP contribution in [0.2, 0.25) is 0 Å². The molecule has 0 aliphatic heterocycles. The minimum Gasteiger partial charge on any atom is -0.349 e. The van der Waals surface area contributed by atoms with Crippen LogP contribution in [0.3, 0.4) is 0 Å². The summed E-state index contributed by atoms with van der Waals surface area (Å²) in [5, 5.41) is 2.99. The van der Waals surface area contributed by atoms with Crippen LogP contribution in [0.5, 0.6) is 0 Å². The predicted octanol–water partition coefficient (Wildman–Crippen LogP) is 2.43. The molecule has 2 aliphatic rings. The van der Waals surface area contributed by atoms with E-state index in [0.717, 1.165) is 31.2 Å². The fourth-order valence-corrected chi connectivity index (χ4v) is 2.88. The first-order valence-electron chi connectivity index (χ1n) is 7.85. The second kappa shape index (κ2) is 6.73. The molecule has 2 saturated carbocycles. The normalized spacial score (nSPS) is 17.1. The van der Waals surface area contributed by atoms with Gasteiger partial charge in [-0.15, -0.1) is 0 Å². The molecular formula is C17H22N2O2S. The van der Waals surface area contributed by atoms with Crippen molar-refractivity contribution in [3.05, 3.63) is 35.4 Å². The Hall–Kier alpha value is -1.49. The van der Waals surface area contributed by atoms with Gasteiger partial charge in [0.25, 0.3) is 5.91 Å². The monoisotopic (exact) mass is 318 g/mol. The summed E-state index contributed by atoms with van der Waals surface area (Å²) in [7, 11) is 0. The molecule has 1 N–H and O–H groups in total. The maximum atomic E-state index is 12.2. The predicted molar refractivity (Wildman–Crippen MR) is 88.9 cm³/mol. The molecule has 4 nitrogen and oxygen atoms in total. The van der Waals surface area contributed by atoms with Crippen molar-refractivity contribution in [3.63, 3.8) is 0 Å². The third-order valence-corrected chi connectivity index (χ3v) is 4.59. The maximum Gasteiger partial charge on any atom is 0.251 e. The van der Waals surface area contributed by atoms with Crippen LogP contribution in [0, 0.1) is 0 Å². The van der Waals surface area contributed by atoms with E-state index in [-0.39, 0.29) is 11.8 Å². The molecule has 1 aromatic rings. The maximum absolute atomic E-state index is 12.2. The Balaban J connectivity index is 1.61. The molecule has 2 aliphatic carbocycles. The molecule has 3 rings (SSSR count). The zero-order valence-electron chi connectivity index (χ0n) is 12.9. The molecule has 0 atom stereocenters. The summed E-state index contributed by atoms with van der Waals surface area (Å²) >= 11 is 1.57. The van der Waals surface area contributed by atoms with E-state index in [4.69, 9.17) is 0 Å². The highest BCUT2D eigenvalue weighted by atomic mass is 32.2. The minimum atomic E-state index is 0.00607. The number of carbonyl (C=O) groups is 2. The van der Waals surface area contributed by atoms with Crippen molar-refractivity contribution in [2.24, 2.45) is 0 Å². The van der Waals surface area contributed by atoms with Gasteiger partial charge in [0.1, 0.15) is 0 Å². The van der Waals surface area contributed by atoms with Crippen molar-refractivity contribution in [1.82, 2.24) is 10.2 Å². The molecule has 0 spiro atoms. The van der Waals surface area contributed by atoms with Gasteiger partial charge in [-0.3, -0.25) is 9.59 Å². The highest BCUT2D eigenvalue weighted by molar-refractivity contribution is 7.99. The molecule has 0 radical (unpaired) electrons. The summed E-state index contributed by atoms with van der Waals surface area (Å²) in [5.41, 5.74) is 1.79. The molecule has 118 valence electrons. The summed E-state index contributed by atoms with van der Waals surface area (Å²) in [6.07, 6.45) is 6.37. The smallest absolute Gasteiger partial charge is 0.251 e. The van der Waals surface area contributed by atoms with Crippen LogP contribution < -0.4 is 5.32 Å². The first-order valence-corrected chi connectivity index (χ1v) is 9.25. The van der Waals surface area contributed by atoms with Crippen molar-refractivity contribution in [2.75, 3.05) is 12.0 Å². The van der Waals surface area contributed by atoms with Crippen LogP contribution in [-0.2, 0) is 11.3 Å². The second-order valence-corrected chi connectivity index (χ2v) is 7.00.